The Bertz CT molecular complexity index is 403. The number of likely N-dealkylation sites (tertiary alicyclic amines) is 1. The predicted octanol–water partition coefficient (Wildman–Crippen LogP) is 1.66. The predicted molar refractivity (Wildman–Crippen MR) is 63.0 cm³/mol. The van der Waals surface area contributed by atoms with Crippen LogP contribution in [0.25, 0.3) is 0 Å². The first-order valence-electron chi connectivity index (χ1n) is 6.78. The van der Waals surface area contributed by atoms with Gasteiger partial charge in [-0.05, 0) is 13.0 Å². The molecule has 0 aliphatic carbocycles. The molecule has 2 rings (SSSR count). The zero-order valence-electron chi connectivity index (χ0n) is 11.6. The molecule has 2 heterocycles. The number of hydrogen-bond acceptors (Lipinski definition) is 3. The Balaban J connectivity index is 2.03. The first-order valence-corrected chi connectivity index (χ1v) is 6.78. The number of morpholine rings is 1. The molecule has 4 nitrogen and oxygen atoms in total. The molecule has 2 fully saturated rings. The van der Waals surface area contributed by atoms with Crippen molar-refractivity contribution in [2.24, 2.45) is 5.41 Å². The molecule has 128 valence electrons. The molecular formula is C12H16F6N2O2. The molecule has 0 N–H and O–H groups in total. The number of nitrogens with zero attached hydrogens (tertiary/aromatic N) is 2. The molecule has 0 aromatic heterocycles. The molecule has 0 radical (unpaired) electrons. The Morgan fingerprint density at radius 2 is 1.55 bits per heavy atom. The van der Waals surface area contributed by atoms with E-state index in [1.807, 2.05) is 0 Å². The minimum atomic E-state index is -5.39. The number of hydrogen-bond donors (Lipinski definition) is 0. The first kappa shape index (κ1) is 17.3. The lowest BCUT2D eigenvalue weighted by molar-refractivity contribution is -0.335. The van der Waals surface area contributed by atoms with Crippen molar-refractivity contribution >= 4 is 5.91 Å². The second-order valence-electron chi connectivity index (χ2n) is 5.53. The van der Waals surface area contributed by atoms with Gasteiger partial charge in [0.15, 0.2) is 5.41 Å². The third kappa shape index (κ3) is 3.17. The van der Waals surface area contributed by atoms with Gasteiger partial charge in [0, 0.05) is 19.6 Å². The summed E-state index contributed by atoms with van der Waals surface area (Å²) in [5.41, 5.74) is -3.74. The highest BCUT2D eigenvalue weighted by molar-refractivity contribution is 5.78. The van der Waals surface area contributed by atoms with Crippen molar-refractivity contribution in [2.45, 2.75) is 18.8 Å². The van der Waals surface area contributed by atoms with Gasteiger partial charge in [-0.15, -0.1) is 0 Å². The van der Waals surface area contributed by atoms with Crippen LogP contribution in [0.3, 0.4) is 0 Å². The van der Waals surface area contributed by atoms with E-state index >= 15 is 0 Å². The van der Waals surface area contributed by atoms with Gasteiger partial charge in [-0.1, -0.05) is 0 Å². The highest BCUT2D eigenvalue weighted by Crippen LogP contribution is 2.55. The molecule has 2 aliphatic rings. The molecule has 0 aromatic rings. The van der Waals surface area contributed by atoms with E-state index in [1.54, 1.807) is 0 Å². The summed E-state index contributed by atoms with van der Waals surface area (Å²) in [6, 6.07) is 0. The minimum Gasteiger partial charge on any atom is -0.378 e. The van der Waals surface area contributed by atoms with Crippen LogP contribution in [0.2, 0.25) is 0 Å². The summed E-state index contributed by atoms with van der Waals surface area (Å²) in [6.45, 7) is -0.826. The Kier molecular flexibility index (Phi) is 4.63. The zero-order valence-corrected chi connectivity index (χ0v) is 11.6. The summed E-state index contributed by atoms with van der Waals surface area (Å²) >= 11 is 0. The van der Waals surface area contributed by atoms with Crippen molar-refractivity contribution in [3.63, 3.8) is 0 Å². The van der Waals surface area contributed by atoms with Crippen LogP contribution >= 0.6 is 0 Å². The first-order chi connectivity index (χ1) is 10.1. The Hall–Kier alpha value is -1.03. The third-order valence-electron chi connectivity index (χ3n) is 4.16. The van der Waals surface area contributed by atoms with Crippen molar-refractivity contribution in [1.82, 2.24) is 9.80 Å². The molecule has 22 heavy (non-hydrogen) atoms. The van der Waals surface area contributed by atoms with Crippen LogP contribution in [0.4, 0.5) is 26.3 Å². The van der Waals surface area contributed by atoms with Crippen LogP contribution in [0.1, 0.15) is 6.42 Å². The SMILES string of the molecule is O=C(CN1CCC(C(F)(F)F)(C(F)(F)F)C1)N1CCOCC1. The summed E-state index contributed by atoms with van der Waals surface area (Å²) in [4.78, 5) is 14.3. The number of carbonyl (C=O) groups is 1. The van der Waals surface area contributed by atoms with Gasteiger partial charge >= 0.3 is 12.4 Å². The average Bonchev–Trinajstić information content (AvgIpc) is 2.84. The van der Waals surface area contributed by atoms with E-state index in [2.05, 4.69) is 0 Å². The van der Waals surface area contributed by atoms with Gasteiger partial charge in [-0.3, -0.25) is 9.69 Å². The lowest BCUT2D eigenvalue weighted by Crippen LogP contribution is -2.52. The van der Waals surface area contributed by atoms with Gasteiger partial charge < -0.3 is 9.64 Å². The molecule has 0 spiro atoms. The van der Waals surface area contributed by atoms with Gasteiger partial charge in [0.05, 0.1) is 19.8 Å². The summed E-state index contributed by atoms with van der Waals surface area (Å²) < 4.78 is 82.5. The second-order valence-corrected chi connectivity index (χ2v) is 5.53. The van der Waals surface area contributed by atoms with E-state index in [1.165, 1.54) is 4.90 Å². The summed E-state index contributed by atoms with van der Waals surface area (Å²) in [5.74, 6) is -0.469. The van der Waals surface area contributed by atoms with E-state index in [-0.39, 0.29) is 0 Å². The van der Waals surface area contributed by atoms with E-state index < -0.39 is 49.7 Å². The Labute approximate surface area is 123 Å². The monoisotopic (exact) mass is 334 g/mol. The van der Waals surface area contributed by atoms with Crippen molar-refractivity contribution in [3.05, 3.63) is 0 Å². The minimum absolute atomic E-state index is 0.302. The maximum Gasteiger partial charge on any atom is 0.404 e. The molecule has 10 heteroatoms. The molecule has 0 unspecified atom stereocenters. The highest BCUT2D eigenvalue weighted by Gasteiger charge is 2.72. The van der Waals surface area contributed by atoms with E-state index in [4.69, 9.17) is 4.74 Å². The lowest BCUT2D eigenvalue weighted by atomic mass is 9.85. The van der Waals surface area contributed by atoms with Crippen LogP contribution in [0, 0.1) is 5.41 Å². The maximum atomic E-state index is 12.9. The van der Waals surface area contributed by atoms with Crippen LogP contribution < -0.4 is 0 Å². The van der Waals surface area contributed by atoms with Gasteiger partial charge in [0.1, 0.15) is 0 Å². The van der Waals surface area contributed by atoms with Gasteiger partial charge in [0.2, 0.25) is 5.91 Å². The van der Waals surface area contributed by atoms with Crippen LogP contribution in [-0.2, 0) is 9.53 Å². The smallest absolute Gasteiger partial charge is 0.378 e. The molecular weight excluding hydrogens is 318 g/mol. The van der Waals surface area contributed by atoms with E-state index in [0.717, 1.165) is 4.90 Å². The summed E-state index contributed by atoms with van der Waals surface area (Å²) in [7, 11) is 0. The van der Waals surface area contributed by atoms with E-state index in [0.29, 0.717) is 26.3 Å². The Morgan fingerprint density at radius 3 is 2.00 bits per heavy atom. The number of rotatable bonds is 2. The molecule has 0 aromatic carbocycles. The number of carbonyl (C=O) groups excluding carboxylic acids is 1. The van der Waals surface area contributed by atoms with Crippen LogP contribution in [-0.4, -0.2) is 74.0 Å². The van der Waals surface area contributed by atoms with Crippen molar-refractivity contribution in [3.8, 4) is 0 Å². The Morgan fingerprint density at radius 1 is 1.00 bits per heavy atom. The van der Waals surface area contributed by atoms with Crippen molar-refractivity contribution in [2.75, 3.05) is 45.9 Å². The number of alkyl halides is 6. The van der Waals surface area contributed by atoms with Gasteiger partial charge in [-0.25, -0.2) is 0 Å². The standard InChI is InChI=1S/C12H16F6N2O2/c13-11(14,15)10(12(16,17)18)1-2-19(8-10)7-9(21)20-3-5-22-6-4-20/h1-8H2. The number of ether oxygens (including phenoxy) is 1. The summed E-state index contributed by atoms with van der Waals surface area (Å²) in [6.07, 6.45) is -11.8. The quantitative estimate of drug-likeness (QED) is 0.720. The van der Waals surface area contributed by atoms with Crippen molar-refractivity contribution in [1.29, 1.82) is 0 Å². The average molecular weight is 334 g/mol. The molecule has 0 atom stereocenters. The fourth-order valence-corrected chi connectivity index (χ4v) is 2.75. The van der Waals surface area contributed by atoms with Gasteiger partial charge in [-0.2, -0.15) is 26.3 Å². The molecule has 2 aliphatic heterocycles. The topological polar surface area (TPSA) is 32.8 Å². The molecule has 1 amide bonds. The third-order valence-corrected chi connectivity index (χ3v) is 4.16. The van der Waals surface area contributed by atoms with Crippen LogP contribution in [0.5, 0.6) is 0 Å². The molecule has 0 bridgehead atoms. The second kappa shape index (κ2) is 5.88. The highest BCUT2D eigenvalue weighted by atomic mass is 19.4. The summed E-state index contributed by atoms with van der Waals surface area (Å²) in [5, 5.41) is 0. The fourth-order valence-electron chi connectivity index (χ4n) is 2.75. The largest absolute Gasteiger partial charge is 0.404 e. The lowest BCUT2D eigenvalue weighted by Gasteiger charge is -2.34. The molecule has 2 saturated heterocycles. The fraction of sp³-hybridized carbons (Fsp3) is 0.917. The zero-order chi connectivity index (χ0) is 16.6. The van der Waals surface area contributed by atoms with Crippen LogP contribution in [0.15, 0.2) is 0 Å². The van der Waals surface area contributed by atoms with Crippen molar-refractivity contribution < 1.29 is 35.9 Å². The van der Waals surface area contributed by atoms with E-state index in [9.17, 15) is 31.1 Å². The number of amides is 1. The van der Waals surface area contributed by atoms with Gasteiger partial charge in [0.25, 0.3) is 0 Å². The maximum absolute atomic E-state index is 12.9. The normalized spacial score (nSPS) is 23.8. The molecule has 0 saturated carbocycles. The number of halogens is 6.